The van der Waals surface area contributed by atoms with E-state index in [1.165, 1.54) is 11.1 Å². The fourth-order valence-electron chi connectivity index (χ4n) is 2.05. The van der Waals surface area contributed by atoms with Crippen LogP contribution in [0.25, 0.3) is 0 Å². The largest absolute Gasteiger partial charge is 0.598 e. The van der Waals surface area contributed by atoms with Gasteiger partial charge in [-0.25, -0.2) is 0 Å². The minimum absolute atomic E-state index is 0.0710. The van der Waals surface area contributed by atoms with E-state index in [-0.39, 0.29) is 10.8 Å². The van der Waals surface area contributed by atoms with E-state index in [4.69, 9.17) is 4.74 Å². The Bertz CT molecular complexity index is 428. The van der Waals surface area contributed by atoms with Crippen LogP contribution in [-0.4, -0.2) is 15.9 Å². The summed E-state index contributed by atoms with van der Waals surface area (Å²) in [6.07, 6.45) is 0.944. The maximum absolute atomic E-state index is 12.1. The zero-order valence-electron chi connectivity index (χ0n) is 11.4. The van der Waals surface area contributed by atoms with E-state index in [1.54, 1.807) is 0 Å². The number of ether oxygens (including phenoxy) is 1. The van der Waals surface area contributed by atoms with Gasteiger partial charge in [0.25, 0.3) is 0 Å². The van der Waals surface area contributed by atoms with Crippen LogP contribution in [0.4, 0.5) is 0 Å². The third-order valence-electron chi connectivity index (χ3n) is 3.09. The second-order valence-corrected chi connectivity index (χ2v) is 7.64. The Morgan fingerprint density at radius 3 is 2.78 bits per heavy atom. The van der Waals surface area contributed by atoms with E-state index >= 15 is 0 Å². The van der Waals surface area contributed by atoms with Gasteiger partial charge in [-0.1, -0.05) is 12.1 Å². The molecule has 0 saturated carbocycles. The summed E-state index contributed by atoms with van der Waals surface area (Å²) in [5, 5.41) is 0. The monoisotopic (exact) mass is 267 g/mol. The molecule has 2 rings (SSSR count). The highest BCUT2D eigenvalue weighted by atomic mass is 32.2. The molecule has 0 fully saturated rings. The Morgan fingerprint density at radius 2 is 2.11 bits per heavy atom. The van der Waals surface area contributed by atoms with Crippen LogP contribution in [0, 0.1) is 0 Å². The molecule has 1 aliphatic rings. The number of hydrogen-bond acceptors (Lipinski definition) is 3. The van der Waals surface area contributed by atoms with Crippen LogP contribution >= 0.6 is 0 Å². The Balaban J connectivity index is 2.15. The second kappa shape index (κ2) is 5.11. The van der Waals surface area contributed by atoms with Gasteiger partial charge in [-0.3, -0.25) is 0 Å². The molecule has 1 heterocycles. The summed E-state index contributed by atoms with van der Waals surface area (Å²) in [4.78, 5) is 0. The first-order valence-corrected chi connectivity index (χ1v) is 7.47. The minimum Gasteiger partial charge on any atom is -0.598 e. The molecule has 1 aromatic rings. The van der Waals surface area contributed by atoms with Gasteiger partial charge >= 0.3 is 0 Å². The predicted molar refractivity (Wildman–Crippen MR) is 75.1 cm³/mol. The lowest BCUT2D eigenvalue weighted by atomic mass is 10.0. The molecule has 0 saturated heterocycles. The van der Waals surface area contributed by atoms with Gasteiger partial charge in [0.05, 0.1) is 12.6 Å². The molecule has 2 atom stereocenters. The lowest BCUT2D eigenvalue weighted by Gasteiger charge is -2.27. The van der Waals surface area contributed by atoms with Gasteiger partial charge in [-0.05, 0) is 39.3 Å². The van der Waals surface area contributed by atoms with E-state index in [1.807, 2.05) is 32.9 Å². The van der Waals surface area contributed by atoms with Crippen molar-refractivity contribution in [2.45, 2.75) is 44.9 Å². The molecule has 3 nitrogen and oxygen atoms in total. The predicted octanol–water partition coefficient (Wildman–Crippen LogP) is 2.73. The average Bonchev–Trinajstić information content (AvgIpc) is 2.74. The van der Waals surface area contributed by atoms with Crippen LogP contribution < -0.4 is 9.46 Å². The van der Waals surface area contributed by atoms with E-state index < -0.39 is 11.4 Å². The van der Waals surface area contributed by atoms with Crippen molar-refractivity contribution in [2.75, 3.05) is 6.61 Å². The summed E-state index contributed by atoms with van der Waals surface area (Å²) in [7, 11) is 0. The Kier molecular flexibility index (Phi) is 3.90. The zero-order chi connectivity index (χ0) is 13.3. The maximum Gasteiger partial charge on any atom is 0.136 e. The van der Waals surface area contributed by atoms with Gasteiger partial charge in [-0.15, -0.1) is 4.72 Å². The second-order valence-electron chi connectivity index (χ2n) is 5.64. The average molecular weight is 267 g/mol. The van der Waals surface area contributed by atoms with E-state index in [2.05, 4.69) is 17.7 Å². The van der Waals surface area contributed by atoms with Crippen molar-refractivity contribution in [1.82, 2.24) is 4.72 Å². The first-order valence-electron chi connectivity index (χ1n) is 6.32. The molecule has 0 spiro atoms. The molecule has 0 aromatic heterocycles. The van der Waals surface area contributed by atoms with Crippen LogP contribution in [0.15, 0.2) is 18.2 Å². The number of rotatable bonds is 3. The van der Waals surface area contributed by atoms with E-state index in [0.717, 1.165) is 18.8 Å². The Morgan fingerprint density at radius 1 is 1.39 bits per heavy atom. The number of nitrogens with one attached hydrogen (secondary N) is 1. The molecule has 1 aromatic carbocycles. The van der Waals surface area contributed by atoms with Crippen molar-refractivity contribution in [2.24, 2.45) is 0 Å². The molecule has 4 heteroatoms. The maximum atomic E-state index is 12.1. The van der Waals surface area contributed by atoms with Gasteiger partial charge in [0, 0.05) is 23.3 Å². The van der Waals surface area contributed by atoms with Crippen LogP contribution in [0.5, 0.6) is 5.75 Å². The highest BCUT2D eigenvalue weighted by Crippen LogP contribution is 2.32. The fourth-order valence-corrected chi connectivity index (χ4v) is 2.86. The van der Waals surface area contributed by atoms with Crippen molar-refractivity contribution in [1.29, 1.82) is 0 Å². The summed E-state index contributed by atoms with van der Waals surface area (Å²) in [5.74, 6) is 0.975. The highest BCUT2D eigenvalue weighted by Gasteiger charge is 2.29. The SMILES string of the molecule is CC(N[S+]([O-])C(C)(C)C)c1cccc2c1CCO2. The molecule has 100 valence electrons. The third kappa shape index (κ3) is 2.82. The van der Waals surface area contributed by atoms with Crippen molar-refractivity contribution >= 4 is 11.4 Å². The molecule has 0 radical (unpaired) electrons. The minimum atomic E-state index is -1.06. The molecule has 1 N–H and O–H groups in total. The van der Waals surface area contributed by atoms with Crippen molar-refractivity contribution < 1.29 is 9.29 Å². The van der Waals surface area contributed by atoms with Crippen molar-refractivity contribution in [3.63, 3.8) is 0 Å². The quantitative estimate of drug-likeness (QED) is 0.856. The summed E-state index contributed by atoms with van der Waals surface area (Å²) in [5.41, 5.74) is 2.45. The lowest BCUT2D eigenvalue weighted by molar-refractivity contribution is 0.357. The summed E-state index contributed by atoms with van der Waals surface area (Å²) < 4.78 is 20.6. The summed E-state index contributed by atoms with van der Waals surface area (Å²) >= 11 is -1.06. The smallest absolute Gasteiger partial charge is 0.136 e. The van der Waals surface area contributed by atoms with E-state index in [0.29, 0.717) is 0 Å². The third-order valence-corrected chi connectivity index (χ3v) is 4.77. The lowest BCUT2D eigenvalue weighted by Crippen LogP contribution is -2.40. The molecule has 1 aliphatic heterocycles. The van der Waals surface area contributed by atoms with Crippen molar-refractivity contribution in [3.05, 3.63) is 29.3 Å². The summed E-state index contributed by atoms with van der Waals surface area (Å²) in [6.45, 7) is 8.73. The number of hydrogen-bond donors (Lipinski definition) is 1. The normalized spacial score (nSPS) is 18.1. The van der Waals surface area contributed by atoms with Crippen LogP contribution in [0.2, 0.25) is 0 Å². The zero-order valence-corrected chi connectivity index (χ0v) is 12.3. The molecule has 0 amide bonds. The molecule has 0 bridgehead atoms. The first kappa shape index (κ1) is 13.7. The van der Waals surface area contributed by atoms with Gasteiger partial charge < -0.3 is 9.29 Å². The molecule has 18 heavy (non-hydrogen) atoms. The van der Waals surface area contributed by atoms with Crippen LogP contribution in [0.3, 0.4) is 0 Å². The fraction of sp³-hybridized carbons (Fsp3) is 0.571. The van der Waals surface area contributed by atoms with Gasteiger partial charge in [-0.2, -0.15) is 0 Å². The van der Waals surface area contributed by atoms with Crippen molar-refractivity contribution in [3.8, 4) is 5.75 Å². The molecular formula is C14H21NO2S. The molecule has 0 aliphatic carbocycles. The topological polar surface area (TPSA) is 44.3 Å². The van der Waals surface area contributed by atoms with Gasteiger partial charge in [0.1, 0.15) is 10.5 Å². The van der Waals surface area contributed by atoms with E-state index in [9.17, 15) is 4.55 Å². The summed E-state index contributed by atoms with van der Waals surface area (Å²) in [6, 6.07) is 6.16. The van der Waals surface area contributed by atoms with Crippen LogP contribution in [-0.2, 0) is 17.8 Å². The first-order chi connectivity index (χ1) is 8.39. The molecular weight excluding hydrogens is 246 g/mol. The molecule has 2 unspecified atom stereocenters. The van der Waals surface area contributed by atoms with Crippen LogP contribution in [0.1, 0.15) is 44.9 Å². The Hall–Kier alpha value is -0.710. The number of benzene rings is 1. The number of fused-ring (bicyclic) bond motifs is 1. The van der Waals surface area contributed by atoms with Gasteiger partial charge in [0.15, 0.2) is 0 Å². The Labute approximate surface area is 112 Å². The highest BCUT2D eigenvalue weighted by molar-refractivity contribution is 7.90. The van der Waals surface area contributed by atoms with Gasteiger partial charge in [0.2, 0.25) is 0 Å². The standard InChI is InChI=1S/C14H21NO2S/c1-10(15-18(16)14(2,3)4)11-6-5-7-13-12(11)8-9-17-13/h5-7,10,15H,8-9H2,1-4H3.